The molecule has 0 spiro atoms. The molecule has 1 fully saturated rings. The Kier molecular flexibility index (Phi) is 8.13. The molecule has 3 amide bonds. The molecule has 1 aliphatic heterocycles. The third-order valence-electron chi connectivity index (χ3n) is 6.92. The van der Waals surface area contributed by atoms with Crippen LogP contribution in [-0.4, -0.2) is 60.6 Å². The van der Waals surface area contributed by atoms with E-state index in [0.29, 0.717) is 17.9 Å². The number of carbonyl (C=O) groups excluding carboxylic acids is 3. The van der Waals surface area contributed by atoms with Crippen molar-refractivity contribution in [3.05, 3.63) is 36.4 Å². The van der Waals surface area contributed by atoms with Crippen LogP contribution in [0.25, 0.3) is 0 Å². The number of aliphatic hydroxyl groups is 1. The van der Waals surface area contributed by atoms with E-state index in [1.165, 1.54) is 4.90 Å². The Morgan fingerprint density at radius 3 is 2.39 bits per heavy atom. The zero-order chi connectivity index (χ0) is 24.1. The van der Waals surface area contributed by atoms with Crippen LogP contribution in [0, 0.1) is 23.7 Å². The van der Waals surface area contributed by atoms with E-state index in [0.717, 1.165) is 12.8 Å². The van der Waals surface area contributed by atoms with Crippen molar-refractivity contribution in [2.45, 2.75) is 45.2 Å². The molecule has 8 heteroatoms. The normalized spacial score (nSPS) is 27.1. The molecule has 1 aromatic rings. The first-order valence-corrected chi connectivity index (χ1v) is 11.7. The van der Waals surface area contributed by atoms with E-state index in [-0.39, 0.29) is 30.2 Å². The maximum Gasteiger partial charge on any atom is 0.247 e. The standard InChI is InChI=1S/C25H35N3O5/c1-5-7-15-8-13-19-21(20(15)23(30)26-3)25(32)28(17(6-2)14-29)22(19)24(31)27-16-9-11-18(33-4)12-10-16/h8-13,15,17,19-22,29H,5-7,14H2,1-4H3,(H,26,30)(H,27,31)/t15-,17+,19+,20-,21+,22+/m1/s1. The minimum atomic E-state index is -0.812. The van der Waals surface area contributed by atoms with Gasteiger partial charge in [-0.1, -0.05) is 32.4 Å². The second-order valence-electron chi connectivity index (χ2n) is 8.73. The van der Waals surface area contributed by atoms with Crippen molar-refractivity contribution in [3.8, 4) is 5.75 Å². The number of methoxy groups -OCH3 is 1. The number of rotatable bonds is 9. The summed E-state index contributed by atoms with van der Waals surface area (Å²) in [5.74, 6) is -1.80. The predicted octanol–water partition coefficient (Wildman–Crippen LogP) is 2.20. The molecule has 180 valence electrons. The Morgan fingerprint density at radius 1 is 1.15 bits per heavy atom. The zero-order valence-electron chi connectivity index (χ0n) is 19.8. The molecule has 1 saturated heterocycles. The minimum Gasteiger partial charge on any atom is -0.497 e. The summed E-state index contributed by atoms with van der Waals surface area (Å²) in [4.78, 5) is 41.7. The van der Waals surface area contributed by atoms with Crippen LogP contribution in [0.1, 0.15) is 33.1 Å². The SMILES string of the molecule is CCC[C@@H]1C=C[C@H]2[C@H](C(=O)N([C@@H](CC)CO)[C@@H]2C(=O)Nc2ccc(OC)cc2)[C@@H]1C(=O)NC. The molecule has 0 saturated carbocycles. The molecule has 1 heterocycles. The van der Waals surface area contributed by atoms with Crippen LogP contribution in [0.3, 0.4) is 0 Å². The van der Waals surface area contributed by atoms with Gasteiger partial charge in [0.1, 0.15) is 11.8 Å². The molecule has 3 rings (SSSR count). The molecular formula is C25H35N3O5. The first-order chi connectivity index (χ1) is 15.9. The van der Waals surface area contributed by atoms with Crippen LogP contribution in [0.15, 0.2) is 36.4 Å². The molecule has 1 aliphatic carbocycles. The van der Waals surface area contributed by atoms with Crippen LogP contribution in [-0.2, 0) is 14.4 Å². The van der Waals surface area contributed by atoms with Crippen molar-refractivity contribution in [3.63, 3.8) is 0 Å². The molecule has 8 nitrogen and oxygen atoms in total. The first kappa shape index (κ1) is 24.8. The number of ether oxygens (including phenoxy) is 1. The highest BCUT2D eigenvalue weighted by atomic mass is 16.5. The number of anilines is 1. The van der Waals surface area contributed by atoms with Gasteiger partial charge in [0.2, 0.25) is 17.7 Å². The number of fused-ring (bicyclic) bond motifs is 1. The summed E-state index contributed by atoms with van der Waals surface area (Å²) in [7, 11) is 3.14. The molecular weight excluding hydrogens is 422 g/mol. The fraction of sp³-hybridized carbons (Fsp3) is 0.560. The first-order valence-electron chi connectivity index (χ1n) is 11.7. The summed E-state index contributed by atoms with van der Waals surface area (Å²) in [5, 5.41) is 15.6. The van der Waals surface area contributed by atoms with E-state index in [9.17, 15) is 19.5 Å². The van der Waals surface area contributed by atoms with E-state index < -0.39 is 29.8 Å². The Bertz CT molecular complexity index is 881. The average molecular weight is 458 g/mol. The van der Waals surface area contributed by atoms with Gasteiger partial charge >= 0.3 is 0 Å². The summed E-state index contributed by atoms with van der Waals surface area (Å²) in [6.07, 6.45) is 6.10. The third kappa shape index (κ3) is 4.76. The van der Waals surface area contributed by atoms with Crippen molar-refractivity contribution in [2.24, 2.45) is 23.7 Å². The highest BCUT2D eigenvalue weighted by Gasteiger charge is 2.58. The lowest BCUT2D eigenvalue weighted by Crippen LogP contribution is -2.50. The molecule has 0 unspecified atom stereocenters. The van der Waals surface area contributed by atoms with Gasteiger partial charge in [0.25, 0.3) is 0 Å². The highest BCUT2D eigenvalue weighted by molar-refractivity contribution is 6.02. The number of amides is 3. The van der Waals surface area contributed by atoms with Crippen molar-refractivity contribution in [1.82, 2.24) is 10.2 Å². The van der Waals surface area contributed by atoms with Gasteiger partial charge in [0.15, 0.2) is 0 Å². The number of nitrogens with one attached hydrogen (secondary N) is 2. The Balaban J connectivity index is 2.00. The van der Waals surface area contributed by atoms with Crippen LogP contribution in [0.4, 0.5) is 5.69 Å². The van der Waals surface area contributed by atoms with Gasteiger partial charge in [-0.2, -0.15) is 0 Å². The molecule has 6 atom stereocenters. The highest BCUT2D eigenvalue weighted by Crippen LogP contribution is 2.46. The van der Waals surface area contributed by atoms with Gasteiger partial charge in [-0.15, -0.1) is 0 Å². The van der Waals surface area contributed by atoms with E-state index >= 15 is 0 Å². The van der Waals surface area contributed by atoms with E-state index in [1.807, 2.05) is 26.0 Å². The third-order valence-corrected chi connectivity index (χ3v) is 6.92. The number of nitrogens with zero attached hydrogens (tertiary/aromatic N) is 1. The van der Waals surface area contributed by atoms with Crippen LogP contribution >= 0.6 is 0 Å². The fourth-order valence-corrected chi connectivity index (χ4v) is 5.28. The maximum absolute atomic E-state index is 13.7. The zero-order valence-corrected chi connectivity index (χ0v) is 19.8. The van der Waals surface area contributed by atoms with Gasteiger partial charge in [-0.05, 0) is 43.0 Å². The number of likely N-dealkylation sites (tertiary alicyclic amines) is 1. The number of carbonyl (C=O) groups is 3. The molecule has 2 aliphatic rings. The van der Waals surface area contributed by atoms with E-state index in [4.69, 9.17) is 4.74 Å². The lowest BCUT2D eigenvalue weighted by molar-refractivity contribution is -0.142. The lowest BCUT2D eigenvalue weighted by Gasteiger charge is -2.34. The minimum absolute atomic E-state index is 0.0698. The Labute approximate surface area is 195 Å². The quantitative estimate of drug-likeness (QED) is 0.493. The maximum atomic E-state index is 13.7. The second-order valence-corrected chi connectivity index (χ2v) is 8.73. The summed E-state index contributed by atoms with van der Waals surface area (Å²) in [6, 6.07) is 5.65. The van der Waals surface area contributed by atoms with Gasteiger partial charge < -0.3 is 25.4 Å². The molecule has 0 radical (unpaired) electrons. The number of aliphatic hydroxyl groups excluding tert-OH is 1. The number of benzene rings is 1. The molecule has 33 heavy (non-hydrogen) atoms. The van der Waals surface area contributed by atoms with Gasteiger partial charge in [0, 0.05) is 18.7 Å². The van der Waals surface area contributed by atoms with Crippen LogP contribution in [0.5, 0.6) is 5.75 Å². The summed E-state index contributed by atoms with van der Waals surface area (Å²) in [6.45, 7) is 3.68. The molecule has 0 aromatic heterocycles. The Hall–Kier alpha value is -2.87. The van der Waals surface area contributed by atoms with Gasteiger partial charge in [-0.3, -0.25) is 14.4 Å². The van der Waals surface area contributed by atoms with Crippen LogP contribution < -0.4 is 15.4 Å². The van der Waals surface area contributed by atoms with Crippen molar-refractivity contribution < 1.29 is 24.2 Å². The molecule has 1 aromatic carbocycles. The predicted molar refractivity (Wildman–Crippen MR) is 125 cm³/mol. The monoisotopic (exact) mass is 457 g/mol. The van der Waals surface area contributed by atoms with Gasteiger partial charge in [-0.25, -0.2) is 0 Å². The smallest absolute Gasteiger partial charge is 0.247 e. The fourth-order valence-electron chi connectivity index (χ4n) is 5.28. The van der Waals surface area contributed by atoms with E-state index in [1.54, 1.807) is 38.4 Å². The van der Waals surface area contributed by atoms with Gasteiger partial charge in [0.05, 0.1) is 31.6 Å². The summed E-state index contributed by atoms with van der Waals surface area (Å²) >= 11 is 0. The summed E-state index contributed by atoms with van der Waals surface area (Å²) < 4.78 is 5.17. The van der Waals surface area contributed by atoms with Crippen molar-refractivity contribution in [2.75, 3.05) is 26.1 Å². The van der Waals surface area contributed by atoms with Crippen molar-refractivity contribution in [1.29, 1.82) is 0 Å². The lowest BCUT2D eigenvalue weighted by atomic mass is 9.68. The van der Waals surface area contributed by atoms with E-state index in [2.05, 4.69) is 10.6 Å². The Morgan fingerprint density at radius 2 is 1.85 bits per heavy atom. The average Bonchev–Trinajstić information content (AvgIpc) is 3.12. The van der Waals surface area contributed by atoms with Crippen molar-refractivity contribution >= 4 is 23.4 Å². The number of hydrogen-bond donors (Lipinski definition) is 3. The summed E-state index contributed by atoms with van der Waals surface area (Å²) in [5.41, 5.74) is 0.584. The second kappa shape index (κ2) is 10.8. The molecule has 0 bridgehead atoms. The largest absolute Gasteiger partial charge is 0.497 e. The topological polar surface area (TPSA) is 108 Å². The van der Waals surface area contributed by atoms with Crippen LogP contribution in [0.2, 0.25) is 0 Å². The number of hydrogen-bond acceptors (Lipinski definition) is 5. The molecule has 3 N–H and O–H groups in total. The number of allylic oxidation sites excluding steroid dienone is 1.